The molecule has 0 unspecified atom stereocenters. The van der Waals surface area contributed by atoms with Gasteiger partial charge >= 0.3 is 0 Å². The molecule has 2 heterocycles. The highest BCUT2D eigenvalue weighted by Crippen LogP contribution is 2.48. The maximum atomic E-state index is 6.79. The third-order valence-electron chi connectivity index (χ3n) is 12.0. The Bertz CT molecular complexity index is 3540. The van der Waals surface area contributed by atoms with Gasteiger partial charge in [-0.2, -0.15) is 0 Å². The van der Waals surface area contributed by atoms with E-state index in [-0.39, 0.29) is 0 Å². The first kappa shape index (κ1) is 33.3. The van der Waals surface area contributed by atoms with Crippen LogP contribution in [0, 0.1) is 0 Å². The molecule has 276 valence electrons. The monoisotopic (exact) mass is 752 g/mol. The average Bonchev–Trinajstić information content (AvgIpc) is 3.86. The second-order valence-electron chi connectivity index (χ2n) is 15.3. The Labute approximate surface area is 341 Å². The van der Waals surface area contributed by atoms with Crippen LogP contribution in [0.4, 0.5) is 17.1 Å². The lowest BCUT2D eigenvalue weighted by Gasteiger charge is -2.28. The first-order valence-corrected chi connectivity index (χ1v) is 20.2. The molecule has 59 heavy (non-hydrogen) atoms. The summed E-state index contributed by atoms with van der Waals surface area (Å²) >= 11 is 0. The minimum Gasteiger partial charge on any atom is -0.455 e. The third-order valence-corrected chi connectivity index (χ3v) is 12.0. The molecule has 0 bridgehead atoms. The Hall–Kier alpha value is -7.88. The summed E-state index contributed by atoms with van der Waals surface area (Å²) in [5.41, 5.74) is 13.1. The first-order valence-electron chi connectivity index (χ1n) is 20.2. The van der Waals surface area contributed by atoms with E-state index in [9.17, 15) is 0 Å². The topological polar surface area (TPSA) is 21.3 Å². The third kappa shape index (κ3) is 5.29. The van der Waals surface area contributed by atoms with Crippen molar-refractivity contribution in [1.82, 2.24) is 4.57 Å². The van der Waals surface area contributed by atoms with Gasteiger partial charge in [0.2, 0.25) is 0 Å². The van der Waals surface area contributed by atoms with Gasteiger partial charge in [-0.3, -0.25) is 0 Å². The number of para-hydroxylation sites is 3. The Kier molecular flexibility index (Phi) is 7.54. The lowest BCUT2D eigenvalue weighted by molar-refractivity contribution is 0.670. The zero-order valence-corrected chi connectivity index (χ0v) is 32.1. The fourth-order valence-corrected chi connectivity index (χ4v) is 9.28. The lowest BCUT2D eigenvalue weighted by Crippen LogP contribution is -2.11. The van der Waals surface area contributed by atoms with Crippen molar-refractivity contribution in [3.63, 3.8) is 0 Å². The van der Waals surface area contributed by atoms with E-state index in [1.54, 1.807) is 0 Å². The van der Waals surface area contributed by atoms with Gasteiger partial charge < -0.3 is 13.9 Å². The van der Waals surface area contributed by atoms with Crippen LogP contribution >= 0.6 is 0 Å². The lowest BCUT2D eigenvalue weighted by atomic mass is 9.97. The molecular weight excluding hydrogens is 717 g/mol. The van der Waals surface area contributed by atoms with Gasteiger partial charge in [0.15, 0.2) is 0 Å². The first-order chi connectivity index (χ1) is 29.3. The van der Waals surface area contributed by atoms with Gasteiger partial charge in [-0.25, -0.2) is 0 Å². The number of rotatable bonds is 6. The standard InChI is InChI=1S/C56H36N2O/c1-3-14-38(15-4-1)44-33-35-53(55-48-21-10-12-25-54(48)59-56(44)55)58(51-24-13-22-45-43-19-8-7-16-39(43)28-32-47(45)51)42-30-26-37(27-31-42)40-29-34-52-49(36-40)46-20-9-11-23-50(46)57(52)41-17-5-2-6-18-41/h1-36H. The van der Waals surface area contributed by atoms with Crippen LogP contribution in [0.2, 0.25) is 0 Å². The Morgan fingerprint density at radius 1 is 0.373 bits per heavy atom. The fraction of sp³-hybridized carbons (Fsp3) is 0. The van der Waals surface area contributed by atoms with Crippen molar-refractivity contribution in [3.05, 3.63) is 218 Å². The highest BCUT2D eigenvalue weighted by molar-refractivity contribution is 6.19. The molecule has 3 heteroatoms. The van der Waals surface area contributed by atoms with E-state index in [2.05, 4.69) is 228 Å². The maximum absolute atomic E-state index is 6.79. The number of hydrogen-bond acceptors (Lipinski definition) is 2. The van der Waals surface area contributed by atoms with Crippen LogP contribution in [0.1, 0.15) is 0 Å². The van der Waals surface area contributed by atoms with Crippen LogP contribution in [0.3, 0.4) is 0 Å². The van der Waals surface area contributed by atoms with E-state index in [1.165, 1.54) is 48.9 Å². The Morgan fingerprint density at radius 2 is 1.05 bits per heavy atom. The van der Waals surface area contributed by atoms with E-state index in [0.29, 0.717) is 0 Å². The average molecular weight is 753 g/mol. The normalized spacial score (nSPS) is 11.7. The molecule has 2 aromatic heterocycles. The van der Waals surface area contributed by atoms with Gasteiger partial charge in [-0.15, -0.1) is 0 Å². The summed E-state index contributed by atoms with van der Waals surface area (Å²) in [5.74, 6) is 0. The van der Waals surface area contributed by atoms with Crippen molar-refractivity contribution in [3.8, 4) is 27.9 Å². The maximum Gasteiger partial charge on any atom is 0.145 e. The molecule has 0 atom stereocenters. The van der Waals surface area contributed by atoms with Crippen LogP contribution in [0.25, 0.3) is 93.2 Å². The molecule has 0 fully saturated rings. The number of fused-ring (bicyclic) bond motifs is 9. The molecule has 0 saturated carbocycles. The molecule has 0 saturated heterocycles. The van der Waals surface area contributed by atoms with E-state index in [1.807, 2.05) is 0 Å². The van der Waals surface area contributed by atoms with Crippen molar-refractivity contribution in [2.45, 2.75) is 0 Å². The van der Waals surface area contributed by atoms with Crippen LogP contribution < -0.4 is 4.90 Å². The molecule has 10 aromatic carbocycles. The Balaban J connectivity index is 1.07. The van der Waals surface area contributed by atoms with Gasteiger partial charge in [0, 0.05) is 38.5 Å². The molecule has 12 aromatic rings. The number of hydrogen-bond donors (Lipinski definition) is 0. The number of aromatic nitrogens is 1. The SMILES string of the molecule is c1ccc(-c2ccc(N(c3ccc(-c4ccc5c(c4)c4ccccc4n5-c4ccccc4)cc3)c3cccc4c3ccc3ccccc34)c3c2oc2ccccc23)cc1. The number of benzene rings is 10. The summed E-state index contributed by atoms with van der Waals surface area (Å²) in [6.07, 6.45) is 0. The van der Waals surface area contributed by atoms with Crippen LogP contribution in [0.5, 0.6) is 0 Å². The summed E-state index contributed by atoms with van der Waals surface area (Å²) < 4.78 is 9.16. The van der Waals surface area contributed by atoms with Crippen LogP contribution in [-0.4, -0.2) is 4.57 Å². The molecular formula is C56H36N2O. The predicted octanol–water partition coefficient (Wildman–Crippen LogP) is 15.8. The van der Waals surface area contributed by atoms with Gasteiger partial charge in [0.25, 0.3) is 0 Å². The minimum absolute atomic E-state index is 0.871. The summed E-state index contributed by atoms with van der Waals surface area (Å²) in [4.78, 5) is 2.43. The molecule has 0 spiro atoms. The quantitative estimate of drug-likeness (QED) is 0.158. The van der Waals surface area contributed by atoms with Crippen molar-refractivity contribution >= 4 is 82.4 Å². The predicted molar refractivity (Wildman–Crippen MR) is 249 cm³/mol. The molecule has 0 aliphatic heterocycles. The van der Waals surface area contributed by atoms with Crippen molar-refractivity contribution in [2.24, 2.45) is 0 Å². The number of anilines is 3. The van der Waals surface area contributed by atoms with E-state index >= 15 is 0 Å². The van der Waals surface area contributed by atoms with Gasteiger partial charge in [-0.1, -0.05) is 152 Å². The highest BCUT2D eigenvalue weighted by Gasteiger charge is 2.24. The minimum atomic E-state index is 0.871. The van der Waals surface area contributed by atoms with Crippen molar-refractivity contribution in [2.75, 3.05) is 4.90 Å². The molecule has 0 amide bonds. The summed E-state index contributed by atoms with van der Waals surface area (Å²) in [5, 5.41) is 9.53. The Morgan fingerprint density at radius 3 is 1.90 bits per heavy atom. The zero-order valence-electron chi connectivity index (χ0n) is 32.1. The van der Waals surface area contributed by atoms with Gasteiger partial charge in [0.05, 0.1) is 27.8 Å². The summed E-state index contributed by atoms with van der Waals surface area (Å²) in [6.45, 7) is 0. The zero-order chi connectivity index (χ0) is 38.9. The van der Waals surface area contributed by atoms with E-state index in [0.717, 1.165) is 61.4 Å². The van der Waals surface area contributed by atoms with Gasteiger partial charge in [-0.05, 0) is 99.6 Å². The van der Waals surface area contributed by atoms with Crippen molar-refractivity contribution in [1.29, 1.82) is 0 Å². The van der Waals surface area contributed by atoms with Gasteiger partial charge in [0.1, 0.15) is 11.2 Å². The second kappa shape index (κ2) is 13.4. The molecule has 0 aliphatic carbocycles. The largest absolute Gasteiger partial charge is 0.455 e. The fourth-order valence-electron chi connectivity index (χ4n) is 9.28. The van der Waals surface area contributed by atoms with Crippen LogP contribution in [-0.2, 0) is 0 Å². The smallest absolute Gasteiger partial charge is 0.145 e. The van der Waals surface area contributed by atoms with Crippen LogP contribution in [0.15, 0.2) is 223 Å². The number of furan rings is 1. The molecule has 0 aliphatic rings. The highest BCUT2D eigenvalue weighted by atomic mass is 16.3. The van der Waals surface area contributed by atoms with E-state index < -0.39 is 0 Å². The molecule has 0 radical (unpaired) electrons. The second-order valence-corrected chi connectivity index (χ2v) is 15.3. The summed E-state index contributed by atoms with van der Waals surface area (Å²) in [7, 11) is 0. The van der Waals surface area contributed by atoms with E-state index in [4.69, 9.17) is 4.42 Å². The number of nitrogens with zero attached hydrogens (tertiary/aromatic N) is 2. The molecule has 12 rings (SSSR count). The molecule has 0 N–H and O–H groups in total. The van der Waals surface area contributed by atoms with Crippen molar-refractivity contribution < 1.29 is 4.42 Å². The molecule has 3 nitrogen and oxygen atoms in total. The summed E-state index contributed by atoms with van der Waals surface area (Å²) in [6, 6.07) is 78.6.